The lowest BCUT2D eigenvalue weighted by Gasteiger charge is -2.21. The van der Waals surface area contributed by atoms with Gasteiger partial charge in [0.15, 0.2) is 0 Å². The van der Waals surface area contributed by atoms with Gasteiger partial charge in [-0.15, -0.1) is 0 Å². The van der Waals surface area contributed by atoms with E-state index in [1.807, 2.05) is 7.05 Å². The topological polar surface area (TPSA) is 12.0 Å². The third kappa shape index (κ3) is 2.49. The van der Waals surface area contributed by atoms with Crippen molar-refractivity contribution in [2.24, 2.45) is 5.92 Å². The second-order valence-electron chi connectivity index (χ2n) is 3.71. The van der Waals surface area contributed by atoms with E-state index in [0.717, 1.165) is 12.5 Å². The summed E-state index contributed by atoms with van der Waals surface area (Å²) in [4.78, 5) is 0. The van der Waals surface area contributed by atoms with Gasteiger partial charge in [-0.05, 0) is 39.2 Å². The fourth-order valence-electron chi connectivity index (χ4n) is 1.72. The molecule has 1 rings (SSSR count). The highest BCUT2D eigenvalue weighted by atomic mass is 14.8. The minimum absolute atomic E-state index is 0.741. The third-order valence-electron chi connectivity index (χ3n) is 2.61. The van der Waals surface area contributed by atoms with Crippen molar-refractivity contribution in [1.82, 2.24) is 5.32 Å². The fraction of sp³-hybridized carbons (Fsp3) is 0.636. The van der Waals surface area contributed by atoms with E-state index < -0.39 is 0 Å². The van der Waals surface area contributed by atoms with Crippen molar-refractivity contribution in [2.75, 3.05) is 13.6 Å². The molecule has 0 radical (unpaired) electrons. The standard InChI is InChI=1S/C11H19N/c1-9(2)11-6-4-10(5-7-11)8-12-3/h4,11-12H,1,5-8H2,2-3H3. The highest BCUT2D eigenvalue weighted by Crippen LogP contribution is 2.27. The molecular formula is C11H19N. The first-order valence-electron chi connectivity index (χ1n) is 4.72. The summed E-state index contributed by atoms with van der Waals surface area (Å²) in [7, 11) is 2.01. The van der Waals surface area contributed by atoms with Crippen molar-refractivity contribution in [2.45, 2.75) is 26.2 Å². The molecule has 0 aromatic carbocycles. The molecule has 0 aromatic rings. The third-order valence-corrected chi connectivity index (χ3v) is 2.61. The Morgan fingerprint density at radius 2 is 2.50 bits per heavy atom. The first-order chi connectivity index (χ1) is 5.74. The van der Waals surface area contributed by atoms with Crippen LogP contribution in [0, 0.1) is 5.92 Å². The second kappa shape index (κ2) is 4.46. The van der Waals surface area contributed by atoms with E-state index in [2.05, 4.69) is 24.9 Å². The van der Waals surface area contributed by atoms with Gasteiger partial charge < -0.3 is 5.32 Å². The summed E-state index contributed by atoms with van der Waals surface area (Å²) < 4.78 is 0. The zero-order valence-electron chi connectivity index (χ0n) is 8.19. The van der Waals surface area contributed by atoms with Gasteiger partial charge >= 0.3 is 0 Å². The molecule has 0 amide bonds. The second-order valence-corrected chi connectivity index (χ2v) is 3.71. The molecule has 0 saturated heterocycles. The van der Waals surface area contributed by atoms with E-state index in [-0.39, 0.29) is 0 Å². The van der Waals surface area contributed by atoms with Crippen molar-refractivity contribution in [3.63, 3.8) is 0 Å². The summed E-state index contributed by atoms with van der Waals surface area (Å²) >= 11 is 0. The van der Waals surface area contributed by atoms with Gasteiger partial charge in [-0.25, -0.2) is 0 Å². The summed E-state index contributed by atoms with van der Waals surface area (Å²) in [6, 6.07) is 0. The molecule has 12 heavy (non-hydrogen) atoms. The van der Waals surface area contributed by atoms with Gasteiger partial charge in [0.25, 0.3) is 0 Å². The molecule has 1 unspecified atom stereocenters. The number of hydrogen-bond acceptors (Lipinski definition) is 1. The molecular weight excluding hydrogens is 146 g/mol. The molecule has 1 atom stereocenters. The number of nitrogens with one attached hydrogen (secondary N) is 1. The predicted molar refractivity (Wildman–Crippen MR) is 54.2 cm³/mol. The van der Waals surface area contributed by atoms with Gasteiger partial charge in [-0.2, -0.15) is 0 Å². The first-order valence-corrected chi connectivity index (χ1v) is 4.72. The Hall–Kier alpha value is -0.560. The monoisotopic (exact) mass is 165 g/mol. The van der Waals surface area contributed by atoms with Gasteiger partial charge in [0, 0.05) is 6.54 Å². The molecule has 0 aromatic heterocycles. The quantitative estimate of drug-likeness (QED) is 0.634. The Labute approximate surface area is 75.6 Å². The molecule has 1 N–H and O–H groups in total. The maximum Gasteiger partial charge on any atom is 0.0161 e. The number of rotatable bonds is 3. The van der Waals surface area contributed by atoms with Crippen molar-refractivity contribution in [3.05, 3.63) is 23.8 Å². The van der Waals surface area contributed by atoms with E-state index in [4.69, 9.17) is 0 Å². The van der Waals surface area contributed by atoms with Gasteiger partial charge in [0.2, 0.25) is 0 Å². The van der Waals surface area contributed by atoms with Crippen LogP contribution < -0.4 is 5.32 Å². The lowest BCUT2D eigenvalue weighted by atomic mass is 9.85. The lowest BCUT2D eigenvalue weighted by Crippen LogP contribution is -2.15. The average Bonchev–Trinajstić information content (AvgIpc) is 2.06. The van der Waals surface area contributed by atoms with Crippen molar-refractivity contribution < 1.29 is 0 Å². The SMILES string of the molecule is C=C(C)C1CC=C(CNC)CC1. The van der Waals surface area contributed by atoms with Crippen LogP contribution in [0.1, 0.15) is 26.2 Å². The number of allylic oxidation sites excluding steroid dienone is 2. The Kier molecular flexibility index (Phi) is 3.54. The Morgan fingerprint density at radius 1 is 1.75 bits per heavy atom. The van der Waals surface area contributed by atoms with Crippen LogP contribution in [0.3, 0.4) is 0 Å². The number of likely N-dealkylation sites (N-methyl/N-ethyl adjacent to an activating group) is 1. The van der Waals surface area contributed by atoms with Gasteiger partial charge in [0.05, 0.1) is 0 Å². The minimum atomic E-state index is 0.741. The van der Waals surface area contributed by atoms with Gasteiger partial charge in [-0.3, -0.25) is 0 Å². The zero-order valence-corrected chi connectivity index (χ0v) is 8.19. The highest BCUT2D eigenvalue weighted by Gasteiger charge is 2.13. The molecule has 0 spiro atoms. The van der Waals surface area contributed by atoms with Crippen molar-refractivity contribution in [1.29, 1.82) is 0 Å². The van der Waals surface area contributed by atoms with Crippen LogP contribution in [0.4, 0.5) is 0 Å². The average molecular weight is 165 g/mol. The normalized spacial score (nSPS) is 23.5. The van der Waals surface area contributed by atoms with Crippen molar-refractivity contribution >= 4 is 0 Å². The summed E-state index contributed by atoms with van der Waals surface area (Å²) in [5.74, 6) is 0.741. The Balaban J connectivity index is 2.42. The number of hydrogen-bond donors (Lipinski definition) is 1. The zero-order chi connectivity index (χ0) is 8.97. The Morgan fingerprint density at radius 3 is 2.92 bits per heavy atom. The lowest BCUT2D eigenvalue weighted by molar-refractivity contribution is 0.532. The van der Waals surface area contributed by atoms with Crippen LogP contribution in [0.2, 0.25) is 0 Å². The van der Waals surface area contributed by atoms with Crippen LogP contribution in [-0.2, 0) is 0 Å². The molecule has 1 aliphatic rings. The predicted octanol–water partition coefficient (Wildman–Crippen LogP) is 2.51. The van der Waals surface area contributed by atoms with Crippen LogP contribution >= 0.6 is 0 Å². The maximum absolute atomic E-state index is 4.00. The van der Waals surface area contributed by atoms with Gasteiger partial charge in [-0.1, -0.05) is 23.8 Å². The fourth-order valence-corrected chi connectivity index (χ4v) is 1.72. The molecule has 0 saturated carbocycles. The highest BCUT2D eigenvalue weighted by molar-refractivity contribution is 5.12. The molecule has 1 nitrogen and oxygen atoms in total. The van der Waals surface area contributed by atoms with Crippen LogP contribution in [0.25, 0.3) is 0 Å². The van der Waals surface area contributed by atoms with Crippen LogP contribution in [-0.4, -0.2) is 13.6 Å². The smallest absolute Gasteiger partial charge is 0.0161 e. The molecule has 1 aliphatic carbocycles. The van der Waals surface area contributed by atoms with E-state index in [0.29, 0.717) is 0 Å². The Bertz CT molecular complexity index is 191. The first kappa shape index (κ1) is 9.53. The molecule has 0 heterocycles. The van der Waals surface area contributed by atoms with E-state index in [1.165, 1.54) is 24.8 Å². The van der Waals surface area contributed by atoms with Crippen molar-refractivity contribution in [3.8, 4) is 0 Å². The van der Waals surface area contributed by atoms with Crippen LogP contribution in [0.15, 0.2) is 23.8 Å². The summed E-state index contributed by atoms with van der Waals surface area (Å²) in [5, 5.41) is 3.19. The molecule has 0 fully saturated rings. The minimum Gasteiger partial charge on any atom is -0.316 e. The van der Waals surface area contributed by atoms with E-state index in [1.54, 1.807) is 5.57 Å². The van der Waals surface area contributed by atoms with Crippen LogP contribution in [0.5, 0.6) is 0 Å². The molecule has 68 valence electrons. The van der Waals surface area contributed by atoms with Gasteiger partial charge in [0.1, 0.15) is 0 Å². The summed E-state index contributed by atoms with van der Waals surface area (Å²) in [5.41, 5.74) is 2.91. The van der Waals surface area contributed by atoms with E-state index in [9.17, 15) is 0 Å². The molecule has 1 heteroatoms. The van der Waals surface area contributed by atoms with E-state index >= 15 is 0 Å². The largest absolute Gasteiger partial charge is 0.316 e. The molecule has 0 aliphatic heterocycles. The summed E-state index contributed by atoms with van der Waals surface area (Å²) in [6.45, 7) is 7.20. The maximum atomic E-state index is 4.00. The molecule has 0 bridgehead atoms. The summed E-state index contributed by atoms with van der Waals surface area (Å²) in [6.07, 6.45) is 6.12.